The zero-order valence-corrected chi connectivity index (χ0v) is 14.6. The van der Waals surface area contributed by atoms with Gasteiger partial charge in [-0.2, -0.15) is 0 Å². The van der Waals surface area contributed by atoms with Crippen molar-refractivity contribution in [3.8, 4) is 0 Å². The van der Waals surface area contributed by atoms with Crippen LogP contribution in [0.2, 0.25) is 19.6 Å². The molecule has 0 fully saturated rings. The standard InChI is InChI=1S/C16H23NOSSi/c1-13-16(19-12-17-13)9-10-18-11-14-5-7-15(8-6-14)20(2,3)4/h5-8,12H,9-11H2,1-4H3. The Labute approximate surface area is 126 Å². The minimum Gasteiger partial charge on any atom is -0.376 e. The van der Waals surface area contributed by atoms with Crippen LogP contribution in [0.25, 0.3) is 0 Å². The van der Waals surface area contributed by atoms with E-state index in [2.05, 4.69) is 55.8 Å². The lowest BCUT2D eigenvalue weighted by molar-refractivity contribution is 0.124. The van der Waals surface area contributed by atoms with Gasteiger partial charge in [0.05, 0.1) is 32.5 Å². The average molecular weight is 306 g/mol. The van der Waals surface area contributed by atoms with Crippen molar-refractivity contribution in [1.29, 1.82) is 0 Å². The second-order valence-electron chi connectivity index (χ2n) is 6.11. The molecule has 0 aliphatic carbocycles. The number of hydrogen-bond acceptors (Lipinski definition) is 3. The van der Waals surface area contributed by atoms with Crippen molar-refractivity contribution in [2.24, 2.45) is 0 Å². The number of thiazole rings is 1. The summed E-state index contributed by atoms with van der Waals surface area (Å²) in [6.45, 7) is 10.6. The first kappa shape index (κ1) is 15.4. The molecule has 0 radical (unpaired) electrons. The summed E-state index contributed by atoms with van der Waals surface area (Å²) in [6.07, 6.45) is 0.962. The first-order valence-electron chi connectivity index (χ1n) is 7.03. The molecule has 1 aromatic carbocycles. The SMILES string of the molecule is Cc1ncsc1CCOCc1ccc([Si](C)(C)C)cc1. The molecule has 0 saturated heterocycles. The van der Waals surface area contributed by atoms with Crippen molar-refractivity contribution in [3.63, 3.8) is 0 Å². The Morgan fingerprint density at radius 2 is 1.85 bits per heavy atom. The Hall–Kier alpha value is -0.973. The topological polar surface area (TPSA) is 22.1 Å². The summed E-state index contributed by atoms with van der Waals surface area (Å²) in [4.78, 5) is 5.59. The van der Waals surface area contributed by atoms with Crippen molar-refractivity contribution in [2.75, 3.05) is 6.61 Å². The Morgan fingerprint density at radius 1 is 1.15 bits per heavy atom. The van der Waals surface area contributed by atoms with E-state index in [1.54, 1.807) is 11.3 Å². The van der Waals surface area contributed by atoms with Gasteiger partial charge in [-0.3, -0.25) is 0 Å². The van der Waals surface area contributed by atoms with Gasteiger partial charge in [-0.25, -0.2) is 4.98 Å². The van der Waals surface area contributed by atoms with Crippen molar-refractivity contribution >= 4 is 24.6 Å². The molecule has 1 aromatic heterocycles. The molecule has 108 valence electrons. The average Bonchev–Trinajstić information content (AvgIpc) is 2.80. The van der Waals surface area contributed by atoms with E-state index in [1.165, 1.54) is 15.6 Å². The minimum atomic E-state index is -1.18. The number of benzene rings is 1. The Bertz CT molecular complexity index is 542. The summed E-state index contributed by atoms with van der Waals surface area (Å²) in [7, 11) is -1.18. The van der Waals surface area contributed by atoms with Crippen molar-refractivity contribution < 1.29 is 4.74 Å². The molecule has 0 spiro atoms. The summed E-state index contributed by atoms with van der Waals surface area (Å²) in [5.41, 5.74) is 4.30. The monoisotopic (exact) mass is 305 g/mol. The lowest BCUT2D eigenvalue weighted by Crippen LogP contribution is -2.37. The number of aromatic nitrogens is 1. The molecule has 0 amide bonds. The quantitative estimate of drug-likeness (QED) is 0.599. The molecule has 2 nitrogen and oxygen atoms in total. The molecule has 1 heterocycles. The molecule has 0 N–H and O–H groups in total. The fraction of sp³-hybridized carbons (Fsp3) is 0.438. The van der Waals surface area contributed by atoms with Crippen LogP contribution in [0.4, 0.5) is 0 Å². The van der Waals surface area contributed by atoms with Crippen molar-refractivity contribution in [3.05, 3.63) is 45.9 Å². The van der Waals surface area contributed by atoms with Gasteiger partial charge in [0.1, 0.15) is 0 Å². The molecule has 20 heavy (non-hydrogen) atoms. The summed E-state index contributed by atoms with van der Waals surface area (Å²) in [5.74, 6) is 0. The fourth-order valence-corrected chi connectivity index (χ4v) is 3.95. The van der Waals surface area contributed by atoms with Crippen molar-refractivity contribution in [1.82, 2.24) is 4.98 Å². The Balaban J connectivity index is 1.78. The van der Waals surface area contributed by atoms with E-state index >= 15 is 0 Å². The lowest BCUT2D eigenvalue weighted by atomic mass is 10.2. The molecular weight excluding hydrogens is 282 g/mol. The molecule has 0 unspecified atom stereocenters. The number of nitrogens with zero attached hydrogens (tertiary/aromatic N) is 1. The molecule has 0 atom stereocenters. The normalized spacial score (nSPS) is 11.8. The summed E-state index contributed by atoms with van der Waals surface area (Å²) in [6, 6.07) is 8.92. The van der Waals surface area contributed by atoms with Gasteiger partial charge < -0.3 is 4.74 Å². The first-order valence-corrected chi connectivity index (χ1v) is 11.4. The van der Waals surface area contributed by atoms with Crippen LogP contribution in [0.15, 0.2) is 29.8 Å². The largest absolute Gasteiger partial charge is 0.376 e. The zero-order valence-electron chi connectivity index (χ0n) is 12.8. The fourth-order valence-electron chi connectivity index (χ4n) is 2.02. The highest BCUT2D eigenvalue weighted by molar-refractivity contribution is 7.09. The molecule has 0 aliphatic rings. The van der Waals surface area contributed by atoms with E-state index in [0.29, 0.717) is 6.61 Å². The van der Waals surface area contributed by atoms with Gasteiger partial charge in [0.2, 0.25) is 0 Å². The second-order valence-corrected chi connectivity index (χ2v) is 12.1. The lowest BCUT2D eigenvalue weighted by Gasteiger charge is -2.16. The van der Waals surface area contributed by atoms with Crippen molar-refractivity contribution in [2.45, 2.75) is 39.6 Å². The third kappa shape index (κ3) is 4.26. The van der Waals surface area contributed by atoms with Crippen LogP contribution in [-0.2, 0) is 17.8 Å². The van der Waals surface area contributed by atoms with E-state index in [9.17, 15) is 0 Å². The molecule has 2 aromatic rings. The zero-order chi connectivity index (χ0) is 14.6. The predicted octanol–water partition coefficient (Wildman–Crippen LogP) is 3.76. The van der Waals surface area contributed by atoms with Gasteiger partial charge in [0.15, 0.2) is 0 Å². The molecule has 2 rings (SSSR count). The third-order valence-electron chi connectivity index (χ3n) is 3.41. The van der Waals surface area contributed by atoms with Gasteiger partial charge in [0.25, 0.3) is 0 Å². The Morgan fingerprint density at radius 3 is 2.40 bits per heavy atom. The maximum absolute atomic E-state index is 5.76. The molecule has 0 aliphatic heterocycles. The summed E-state index contributed by atoms with van der Waals surface area (Å²) < 4.78 is 5.76. The first-order chi connectivity index (χ1) is 9.47. The van der Waals surface area contributed by atoms with Crippen LogP contribution in [0.3, 0.4) is 0 Å². The number of aryl methyl sites for hydroxylation is 1. The van der Waals surface area contributed by atoms with Crippen LogP contribution in [0, 0.1) is 6.92 Å². The van der Waals surface area contributed by atoms with Crippen LogP contribution in [0.5, 0.6) is 0 Å². The molecule has 0 bridgehead atoms. The van der Waals surface area contributed by atoms with E-state index in [1.807, 2.05) is 5.51 Å². The van der Waals surface area contributed by atoms with E-state index in [4.69, 9.17) is 4.74 Å². The second kappa shape index (κ2) is 6.65. The summed E-state index contributed by atoms with van der Waals surface area (Å²) >= 11 is 1.71. The molecule has 0 saturated carbocycles. The predicted molar refractivity (Wildman–Crippen MR) is 89.6 cm³/mol. The van der Waals surface area contributed by atoms with E-state index in [0.717, 1.165) is 18.7 Å². The van der Waals surface area contributed by atoms with Gasteiger partial charge in [-0.05, 0) is 12.5 Å². The van der Waals surface area contributed by atoms with Gasteiger partial charge in [0, 0.05) is 11.3 Å². The van der Waals surface area contributed by atoms with E-state index in [-0.39, 0.29) is 0 Å². The van der Waals surface area contributed by atoms with E-state index < -0.39 is 8.07 Å². The highest BCUT2D eigenvalue weighted by Gasteiger charge is 2.15. The molecule has 4 heteroatoms. The van der Waals surface area contributed by atoms with Crippen LogP contribution < -0.4 is 5.19 Å². The van der Waals surface area contributed by atoms with Crippen LogP contribution in [0.1, 0.15) is 16.1 Å². The number of hydrogen-bond donors (Lipinski definition) is 0. The number of ether oxygens (including phenoxy) is 1. The maximum Gasteiger partial charge on any atom is 0.0797 e. The van der Waals surface area contributed by atoms with Gasteiger partial charge in [-0.15, -0.1) is 11.3 Å². The Kier molecular flexibility index (Phi) is 5.13. The number of rotatable bonds is 6. The minimum absolute atomic E-state index is 0.698. The van der Waals surface area contributed by atoms with Gasteiger partial charge in [-0.1, -0.05) is 49.1 Å². The highest BCUT2D eigenvalue weighted by Crippen LogP contribution is 2.13. The maximum atomic E-state index is 5.76. The smallest absolute Gasteiger partial charge is 0.0797 e. The van der Waals surface area contributed by atoms with Crippen LogP contribution >= 0.6 is 11.3 Å². The van der Waals surface area contributed by atoms with Gasteiger partial charge >= 0.3 is 0 Å². The third-order valence-corrected chi connectivity index (χ3v) is 6.47. The summed E-state index contributed by atoms with van der Waals surface area (Å²) in [5, 5.41) is 1.50. The van der Waals surface area contributed by atoms with Crippen LogP contribution in [-0.4, -0.2) is 19.7 Å². The highest BCUT2D eigenvalue weighted by atomic mass is 32.1. The molecular formula is C16H23NOSSi.